The third-order valence-corrected chi connectivity index (χ3v) is 5.86. The fourth-order valence-corrected chi connectivity index (χ4v) is 4.78. The first kappa shape index (κ1) is 15.1. The standard InChI is InChI=1S/C15H19N3OS.ClH/c1-20-14-9(3-2-6-16-14)15(19)18-7-10-11(8-18)13-5-4-12(10)17-13;/h2-3,6,10-13,17H,4-5,7-8H2,1H3;1H/t10-,11+,12-,13+;. The lowest BCUT2D eigenvalue weighted by atomic mass is 9.82. The fraction of sp³-hybridized carbons (Fsp3) is 0.600. The monoisotopic (exact) mass is 325 g/mol. The topological polar surface area (TPSA) is 45.2 Å². The second-order valence-electron chi connectivity index (χ2n) is 6.06. The molecule has 3 saturated heterocycles. The third-order valence-electron chi connectivity index (χ3n) is 5.14. The number of amides is 1. The molecule has 0 unspecified atom stereocenters. The number of fused-ring (bicyclic) bond motifs is 5. The highest BCUT2D eigenvalue weighted by atomic mass is 35.5. The van der Waals surface area contributed by atoms with Crippen LogP contribution in [0.25, 0.3) is 0 Å². The van der Waals surface area contributed by atoms with Crippen LogP contribution in [0.3, 0.4) is 0 Å². The molecule has 4 nitrogen and oxygen atoms in total. The van der Waals surface area contributed by atoms with Gasteiger partial charge >= 0.3 is 0 Å². The van der Waals surface area contributed by atoms with Gasteiger partial charge in [-0.2, -0.15) is 0 Å². The van der Waals surface area contributed by atoms with Crippen LogP contribution in [0, 0.1) is 11.8 Å². The highest BCUT2D eigenvalue weighted by molar-refractivity contribution is 7.98. The van der Waals surface area contributed by atoms with Gasteiger partial charge in [-0.15, -0.1) is 24.2 Å². The molecule has 0 aromatic carbocycles. The molecule has 21 heavy (non-hydrogen) atoms. The molecule has 2 bridgehead atoms. The largest absolute Gasteiger partial charge is 0.338 e. The third kappa shape index (κ3) is 2.35. The molecule has 0 radical (unpaired) electrons. The summed E-state index contributed by atoms with van der Waals surface area (Å²) in [7, 11) is 0. The number of likely N-dealkylation sites (tertiary alicyclic amines) is 1. The average Bonchev–Trinajstić information content (AvgIpc) is 3.18. The molecular weight excluding hydrogens is 306 g/mol. The summed E-state index contributed by atoms with van der Waals surface area (Å²) in [6.07, 6.45) is 6.31. The van der Waals surface area contributed by atoms with Crippen LogP contribution in [0.2, 0.25) is 0 Å². The predicted molar refractivity (Wildman–Crippen MR) is 86.1 cm³/mol. The number of hydrogen-bond acceptors (Lipinski definition) is 4. The average molecular weight is 326 g/mol. The summed E-state index contributed by atoms with van der Waals surface area (Å²) in [6.45, 7) is 1.83. The van der Waals surface area contributed by atoms with E-state index in [9.17, 15) is 4.79 Å². The van der Waals surface area contributed by atoms with E-state index in [-0.39, 0.29) is 18.3 Å². The Kier molecular flexibility index (Phi) is 4.17. The van der Waals surface area contributed by atoms with Gasteiger partial charge in [-0.05, 0) is 43.1 Å². The minimum Gasteiger partial charge on any atom is -0.338 e. The van der Waals surface area contributed by atoms with Crippen molar-refractivity contribution in [3.63, 3.8) is 0 Å². The summed E-state index contributed by atoms with van der Waals surface area (Å²) in [6, 6.07) is 5.06. The van der Waals surface area contributed by atoms with E-state index in [1.807, 2.05) is 18.4 Å². The lowest BCUT2D eigenvalue weighted by Gasteiger charge is -2.19. The lowest BCUT2D eigenvalue weighted by molar-refractivity contribution is 0.0774. The molecule has 1 amide bonds. The maximum Gasteiger partial charge on any atom is 0.256 e. The van der Waals surface area contributed by atoms with Gasteiger partial charge in [-0.1, -0.05) is 0 Å². The van der Waals surface area contributed by atoms with E-state index in [1.54, 1.807) is 18.0 Å². The van der Waals surface area contributed by atoms with E-state index in [0.29, 0.717) is 23.9 Å². The number of nitrogens with one attached hydrogen (secondary N) is 1. The number of aromatic nitrogens is 1. The van der Waals surface area contributed by atoms with E-state index in [0.717, 1.165) is 23.7 Å². The minimum absolute atomic E-state index is 0. The molecule has 1 aromatic rings. The predicted octanol–water partition coefficient (Wildman–Crippen LogP) is 2.05. The van der Waals surface area contributed by atoms with Gasteiger partial charge in [0.25, 0.3) is 5.91 Å². The summed E-state index contributed by atoms with van der Waals surface area (Å²) in [4.78, 5) is 19.1. The van der Waals surface area contributed by atoms with Crippen molar-refractivity contribution < 1.29 is 4.79 Å². The number of carbonyl (C=O) groups is 1. The van der Waals surface area contributed by atoms with Crippen molar-refractivity contribution in [3.05, 3.63) is 23.9 Å². The van der Waals surface area contributed by atoms with E-state index in [1.165, 1.54) is 12.8 Å². The normalized spacial score (nSPS) is 32.9. The minimum atomic E-state index is 0. The van der Waals surface area contributed by atoms with Crippen LogP contribution in [0.1, 0.15) is 23.2 Å². The number of halogens is 1. The molecule has 6 heteroatoms. The Morgan fingerprint density at radius 3 is 2.62 bits per heavy atom. The van der Waals surface area contributed by atoms with Gasteiger partial charge in [-0.25, -0.2) is 4.98 Å². The smallest absolute Gasteiger partial charge is 0.256 e. The zero-order valence-corrected chi connectivity index (χ0v) is 13.6. The first-order chi connectivity index (χ1) is 9.78. The lowest BCUT2D eigenvalue weighted by Crippen LogP contribution is -2.35. The second-order valence-corrected chi connectivity index (χ2v) is 6.85. The molecular formula is C15H20ClN3OS. The molecule has 1 N–H and O–H groups in total. The van der Waals surface area contributed by atoms with Gasteiger partial charge in [0, 0.05) is 31.4 Å². The number of pyridine rings is 1. The van der Waals surface area contributed by atoms with Crippen molar-refractivity contribution in [2.75, 3.05) is 19.3 Å². The zero-order valence-electron chi connectivity index (χ0n) is 12.0. The molecule has 0 aliphatic carbocycles. The summed E-state index contributed by atoms with van der Waals surface area (Å²) < 4.78 is 0. The molecule has 4 rings (SSSR count). The van der Waals surface area contributed by atoms with E-state index >= 15 is 0 Å². The molecule has 0 saturated carbocycles. The molecule has 1 aromatic heterocycles. The van der Waals surface area contributed by atoms with Crippen LogP contribution >= 0.6 is 24.2 Å². The van der Waals surface area contributed by atoms with Crippen LogP contribution in [0.4, 0.5) is 0 Å². The van der Waals surface area contributed by atoms with Gasteiger partial charge in [0.1, 0.15) is 5.03 Å². The first-order valence-electron chi connectivity index (χ1n) is 7.32. The van der Waals surface area contributed by atoms with E-state index < -0.39 is 0 Å². The van der Waals surface area contributed by atoms with Crippen molar-refractivity contribution in [3.8, 4) is 0 Å². The van der Waals surface area contributed by atoms with Crippen molar-refractivity contribution in [1.29, 1.82) is 0 Å². The Hall–Kier alpha value is -0.780. The Morgan fingerprint density at radius 1 is 1.33 bits per heavy atom. The number of nitrogens with zero attached hydrogens (tertiary/aromatic N) is 2. The molecule has 114 valence electrons. The van der Waals surface area contributed by atoms with Crippen LogP contribution in [0.15, 0.2) is 23.4 Å². The van der Waals surface area contributed by atoms with Gasteiger partial charge in [0.2, 0.25) is 0 Å². The Labute approximate surface area is 135 Å². The first-order valence-corrected chi connectivity index (χ1v) is 8.54. The molecule has 0 spiro atoms. The fourth-order valence-electron chi connectivity index (χ4n) is 4.23. The van der Waals surface area contributed by atoms with Crippen LogP contribution in [0.5, 0.6) is 0 Å². The second kappa shape index (κ2) is 5.78. The van der Waals surface area contributed by atoms with Crippen LogP contribution in [-0.2, 0) is 0 Å². The highest BCUT2D eigenvalue weighted by Gasteiger charge is 2.52. The summed E-state index contributed by atoms with van der Waals surface area (Å²) >= 11 is 1.55. The summed E-state index contributed by atoms with van der Waals surface area (Å²) in [5.41, 5.74) is 0.764. The molecule has 3 fully saturated rings. The molecule has 3 aliphatic heterocycles. The maximum atomic E-state index is 12.7. The van der Waals surface area contributed by atoms with Gasteiger partial charge in [-0.3, -0.25) is 4.79 Å². The summed E-state index contributed by atoms with van der Waals surface area (Å²) in [5, 5.41) is 4.54. The van der Waals surface area contributed by atoms with Crippen molar-refractivity contribution in [2.24, 2.45) is 11.8 Å². The summed E-state index contributed by atoms with van der Waals surface area (Å²) in [5.74, 6) is 1.51. The maximum absolute atomic E-state index is 12.7. The molecule has 4 heterocycles. The van der Waals surface area contributed by atoms with Gasteiger partial charge in [0.05, 0.1) is 5.56 Å². The quantitative estimate of drug-likeness (QED) is 0.845. The number of thioether (sulfide) groups is 1. The van der Waals surface area contributed by atoms with Gasteiger partial charge < -0.3 is 10.2 Å². The Bertz CT molecular complexity index is 537. The van der Waals surface area contributed by atoms with E-state index in [2.05, 4.69) is 15.2 Å². The van der Waals surface area contributed by atoms with Crippen molar-refractivity contribution >= 4 is 30.1 Å². The molecule has 3 aliphatic rings. The van der Waals surface area contributed by atoms with E-state index in [4.69, 9.17) is 0 Å². The highest BCUT2D eigenvalue weighted by Crippen LogP contribution is 2.43. The van der Waals surface area contributed by atoms with Gasteiger partial charge in [0.15, 0.2) is 0 Å². The van der Waals surface area contributed by atoms with Crippen molar-refractivity contribution in [2.45, 2.75) is 30.0 Å². The van der Waals surface area contributed by atoms with Crippen molar-refractivity contribution in [1.82, 2.24) is 15.2 Å². The zero-order chi connectivity index (χ0) is 13.7. The number of carbonyl (C=O) groups excluding carboxylic acids is 1. The number of rotatable bonds is 2. The van der Waals surface area contributed by atoms with Crippen LogP contribution < -0.4 is 5.32 Å². The molecule has 4 atom stereocenters. The Morgan fingerprint density at radius 2 is 2.00 bits per heavy atom. The van der Waals surface area contributed by atoms with Crippen LogP contribution in [-0.4, -0.2) is 47.2 Å². The number of hydrogen-bond donors (Lipinski definition) is 1. The Balaban J connectivity index is 0.00000132. The SMILES string of the molecule is CSc1ncccc1C(=O)N1C[C@@H]2[C@H](C1)[C@@H]1CC[C@H]2N1.Cl.